The van der Waals surface area contributed by atoms with Gasteiger partial charge in [0.25, 0.3) is 0 Å². The molecule has 2 aromatic heterocycles. The Morgan fingerprint density at radius 3 is 3.00 bits per heavy atom. The summed E-state index contributed by atoms with van der Waals surface area (Å²) in [6.07, 6.45) is 3.91. The number of nitrogens with zero attached hydrogens (tertiary/aromatic N) is 3. The molecule has 2 heterocycles. The van der Waals surface area contributed by atoms with E-state index in [1.54, 1.807) is 11.3 Å². The molecule has 0 saturated carbocycles. The Morgan fingerprint density at radius 1 is 1.14 bits per heavy atom. The van der Waals surface area contributed by atoms with E-state index in [9.17, 15) is 0 Å². The van der Waals surface area contributed by atoms with E-state index in [-0.39, 0.29) is 0 Å². The van der Waals surface area contributed by atoms with E-state index in [0.717, 1.165) is 52.4 Å². The van der Waals surface area contributed by atoms with E-state index >= 15 is 0 Å². The van der Waals surface area contributed by atoms with Crippen LogP contribution in [0.25, 0.3) is 21.5 Å². The largest absolute Gasteiger partial charge is 0.316 e. The fourth-order valence-electron chi connectivity index (χ4n) is 2.18. The lowest BCUT2D eigenvalue weighted by molar-refractivity contribution is 0.668. The van der Waals surface area contributed by atoms with E-state index in [0.29, 0.717) is 0 Å². The Hall–Kier alpha value is -1.85. The van der Waals surface area contributed by atoms with Crippen molar-refractivity contribution in [3.8, 4) is 10.6 Å². The third-order valence-corrected chi connectivity index (χ3v) is 4.29. The average molecular weight is 298 g/mol. The fraction of sp³-hybridized carbons (Fsp3) is 0.312. The van der Waals surface area contributed by atoms with E-state index < -0.39 is 0 Å². The highest BCUT2D eigenvalue weighted by molar-refractivity contribution is 7.14. The first-order valence-electron chi connectivity index (χ1n) is 7.25. The molecule has 0 atom stereocenters. The van der Waals surface area contributed by atoms with Gasteiger partial charge in [-0.2, -0.15) is 0 Å². The van der Waals surface area contributed by atoms with Crippen molar-refractivity contribution >= 4 is 22.2 Å². The number of fused-ring (bicyclic) bond motifs is 1. The first kappa shape index (κ1) is 14.1. The number of nitrogens with one attached hydrogen (secondary N) is 1. The van der Waals surface area contributed by atoms with Gasteiger partial charge in [-0.15, -0.1) is 10.2 Å². The van der Waals surface area contributed by atoms with E-state index in [1.165, 1.54) is 0 Å². The van der Waals surface area contributed by atoms with Crippen LogP contribution in [0.1, 0.15) is 18.4 Å². The predicted octanol–water partition coefficient (Wildman–Crippen LogP) is 3.30. The van der Waals surface area contributed by atoms with Gasteiger partial charge in [-0.25, -0.2) is 0 Å². The predicted molar refractivity (Wildman–Crippen MR) is 87.5 cm³/mol. The number of hydrogen-bond donors (Lipinski definition) is 1. The molecule has 1 N–H and O–H groups in total. The van der Waals surface area contributed by atoms with Crippen LogP contribution in [-0.4, -0.2) is 28.3 Å². The summed E-state index contributed by atoms with van der Waals surface area (Å²) in [4.78, 5) is 4.34. The Bertz CT molecular complexity index is 723. The van der Waals surface area contributed by atoms with Crippen LogP contribution >= 0.6 is 11.3 Å². The van der Waals surface area contributed by atoms with Crippen molar-refractivity contribution in [1.82, 2.24) is 20.5 Å². The van der Waals surface area contributed by atoms with E-state index in [2.05, 4.69) is 45.6 Å². The molecule has 0 spiro atoms. The van der Waals surface area contributed by atoms with Gasteiger partial charge in [0.15, 0.2) is 0 Å². The lowest BCUT2D eigenvalue weighted by atomic mass is 10.1. The molecule has 3 rings (SSSR count). The van der Waals surface area contributed by atoms with E-state index in [1.807, 2.05) is 18.3 Å². The molecule has 0 aliphatic rings. The van der Waals surface area contributed by atoms with Crippen LogP contribution in [-0.2, 0) is 6.42 Å². The summed E-state index contributed by atoms with van der Waals surface area (Å²) in [5, 5.41) is 15.2. The molecular weight excluding hydrogens is 280 g/mol. The molecule has 0 saturated heterocycles. The van der Waals surface area contributed by atoms with Crippen LogP contribution in [0.4, 0.5) is 0 Å². The molecule has 0 radical (unpaired) electrons. The standard InChI is InChI=1S/C16H18N4S/c1-2-8-17-10-7-15-19-20-16(21-15)13-5-6-14-12(11-13)4-3-9-18-14/h3-6,9,11,17H,2,7-8,10H2,1H3. The number of pyridine rings is 1. The fourth-order valence-corrected chi connectivity index (χ4v) is 3.01. The Kier molecular flexibility index (Phi) is 4.52. The molecule has 0 aliphatic carbocycles. The van der Waals surface area contributed by atoms with Crippen LogP contribution < -0.4 is 5.32 Å². The zero-order valence-electron chi connectivity index (χ0n) is 12.0. The summed E-state index contributed by atoms with van der Waals surface area (Å²) in [6.45, 7) is 4.19. The van der Waals surface area contributed by atoms with Gasteiger partial charge in [0.1, 0.15) is 10.0 Å². The number of hydrogen-bond acceptors (Lipinski definition) is 5. The molecule has 4 nitrogen and oxygen atoms in total. The van der Waals surface area contributed by atoms with Crippen LogP contribution in [0.5, 0.6) is 0 Å². The molecule has 0 fully saturated rings. The smallest absolute Gasteiger partial charge is 0.147 e. The van der Waals surface area contributed by atoms with Gasteiger partial charge in [-0.3, -0.25) is 4.98 Å². The highest BCUT2D eigenvalue weighted by atomic mass is 32.1. The summed E-state index contributed by atoms with van der Waals surface area (Å²) in [5.41, 5.74) is 2.12. The van der Waals surface area contributed by atoms with Gasteiger partial charge in [-0.05, 0) is 37.2 Å². The van der Waals surface area contributed by atoms with Crippen LogP contribution in [0.15, 0.2) is 36.5 Å². The average Bonchev–Trinajstić information content (AvgIpc) is 3.00. The number of rotatable bonds is 6. The second-order valence-corrected chi connectivity index (χ2v) is 5.97. The zero-order valence-corrected chi connectivity index (χ0v) is 12.9. The van der Waals surface area contributed by atoms with Crippen LogP contribution in [0, 0.1) is 0 Å². The van der Waals surface area contributed by atoms with Crippen molar-refractivity contribution in [2.75, 3.05) is 13.1 Å². The first-order valence-corrected chi connectivity index (χ1v) is 8.06. The lowest BCUT2D eigenvalue weighted by Crippen LogP contribution is -2.17. The molecule has 0 amide bonds. The highest BCUT2D eigenvalue weighted by Gasteiger charge is 2.07. The van der Waals surface area contributed by atoms with Gasteiger partial charge in [0.2, 0.25) is 0 Å². The number of aromatic nitrogens is 3. The quantitative estimate of drug-likeness (QED) is 0.709. The Balaban J connectivity index is 1.75. The molecule has 1 aromatic carbocycles. The molecule has 5 heteroatoms. The summed E-state index contributed by atoms with van der Waals surface area (Å²) in [6, 6.07) is 10.3. The molecule has 0 bridgehead atoms. The monoisotopic (exact) mass is 298 g/mol. The minimum Gasteiger partial charge on any atom is -0.316 e. The zero-order chi connectivity index (χ0) is 14.5. The second kappa shape index (κ2) is 6.74. The Labute approximate surface area is 128 Å². The maximum absolute atomic E-state index is 4.34. The van der Waals surface area contributed by atoms with Crippen molar-refractivity contribution in [3.05, 3.63) is 41.5 Å². The topological polar surface area (TPSA) is 50.7 Å². The SMILES string of the molecule is CCCNCCc1nnc(-c2ccc3ncccc3c2)s1. The molecule has 21 heavy (non-hydrogen) atoms. The third-order valence-electron chi connectivity index (χ3n) is 3.26. The van der Waals surface area contributed by atoms with E-state index in [4.69, 9.17) is 0 Å². The van der Waals surface area contributed by atoms with Gasteiger partial charge in [-0.1, -0.05) is 24.3 Å². The number of benzene rings is 1. The van der Waals surface area contributed by atoms with Crippen molar-refractivity contribution in [3.63, 3.8) is 0 Å². The lowest BCUT2D eigenvalue weighted by Gasteiger charge is -1.99. The molecule has 0 unspecified atom stereocenters. The van der Waals surface area contributed by atoms with Crippen LogP contribution in [0.3, 0.4) is 0 Å². The van der Waals surface area contributed by atoms with Gasteiger partial charge < -0.3 is 5.32 Å². The van der Waals surface area contributed by atoms with Gasteiger partial charge >= 0.3 is 0 Å². The van der Waals surface area contributed by atoms with Crippen molar-refractivity contribution in [1.29, 1.82) is 0 Å². The second-order valence-electron chi connectivity index (χ2n) is 4.91. The summed E-state index contributed by atoms with van der Waals surface area (Å²) >= 11 is 1.67. The maximum Gasteiger partial charge on any atom is 0.147 e. The van der Waals surface area contributed by atoms with Crippen LogP contribution in [0.2, 0.25) is 0 Å². The van der Waals surface area contributed by atoms with Crippen molar-refractivity contribution in [2.45, 2.75) is 19.8 Å². The Morgan fingerprint density at radius 2 is 2.10 bits per heavy atom. The minimum absolute atomic E-state index is 0.937. The molecule has 0 aliphatic heterocycles. The minimum atomic E-state index is 0.937. The molecular formula is C16H18N4S. The highest BCUT2D eigenvalue weighted by Crippen LogP contribution is 2.26. The third kappa shape index (κ3) is 3.43. The first-order chi connectivity index (χ1) is 10.4. The molecule has 108 valence electrons. The van der Waals surface area contributed by atoms with Crippen molar-refractivity contribution < 1.29 is 0 Å². The molecule has 3 aromatic rings. The summed E-state index contributed by atoms with van der Waals surface area (Å²) in [5.74, 6) is 0. The summed E-state index contributed by atoms with van der Waals surface area (Å²) in [7, 11) is 0. The normalized spacial score (nSPS) is 11.1. The summed E-state index contributed by atoms with van der Waals surface area (Å²) < 4.78 is 0. The van der Waals surface area contributed by atoms with Crippen molar-refractivity contribution in [2.24, 2.45) is 0 Å². The van der Waals surface area contributed by atoms with Gasteiger partial charge in [0, 0.05) is 30.1 Å². The maximum atomic E-state index is 4.34. The van der Waals surface area contributed by atoms with Gasteiger partial charge in [0.05, 0.1) is 5.52 Å².